The summed E-state index contributed by atoms with van der Waals surface area (Å²) < 4.78 is 72.7. The number of rotatable bonds is 7. The van der Waals surface area contributed by atoms with E-state index in [-0.39, 0.29) is 34.7 Å². The van der Waals surface area contributed by atoms with Crippen LogP contribution in [0, 0.1) is 5.41 Å². The van der Waals surface area contributed by atoms with E-state index in [0.29, 0.717) is 43.0 Å². The van der Waals surface area contributed by atoms with Crippen LogP contribution in [0.25, 0.3) is 0 Å². The molecule has 0 unspecified atom stereocenters. The smallest absolute Gasteiger partial charge is 0.416 e. The van der Waals surface area contributed by atoms with Crippen LogP contribution in [-0.2, 0) is 11.6 Å². The molecule has 2 heterocycles. The van der Waals surface area contributed by atoms with Crippen LogP contribution in [0.3, 0.4) is 0 Å². The van der Waals surface area contributed by atoms with E-state index in [2.05, 4.69) is 41.3 Å². The van der Waals surface area contributed by atoms with E-state index in [1.54, 1.807) is 41.3 Å². The van der Waals surface area contributed by atoms with Crippen LogP contribution >= 0.6 is 0 Å². The number of alkyl halides is 5. The molecule has 0 bridgehead atoms. The fourth-order valence-electron chi connectivity index (χ4n) is 6.18. The molecule has 11 heteroatoms. The number of nitrogens with one attached hydrogen (secondary N) is 2. The number of phenolic OH excluding ortho intramolecular Hbond substituents is 1. The number of nitrogens with zero attached hydrogens (tertiary/aromatic N) is 2. The van der Waals surface area contributed by atoms with Crippen molar-refractivity contribution in [2.45, 2.75) is 51.8 Å². The van der Waals surface area contributed by atoms with Gasteiger partial charge in [-0.2, -0.15) is 22.0 Å². The van der Waals surface area contributed by atoms with E-state index >= 15 is 0 Å². The number of hydrogen-bond donors (Lipinski definition) is 3. The van der Waals surface area contributed by atoms with Gasteiger partial charge in [0, 0.05) is 18.5 Å². The lowest BCUT2D eigenvalue weighted by Crippen LogP contribution is -2.47. The quantitative estimate of drug-likeness (QED) is 0.192. The Labute approximate surface area is 242 Å². The molecule has 3 N–H and O–H groups in total. The van der Waals surface area contributed by atoms with Gasteiger partial charge in [-0.3, -0.25) is 5.43 Å². The minimum absolute atomic E-state index is 0.0133. The first kappa shape index (κ1) is 29.8. The van der Waals surface area contributed by atoms with E-state index in [1.807, 2.05) is 0 Å². The molecule has 42 heavy (non-hydrogen) atoms. The number of phenols is 1. The summed E-state index contributed by atoms with van der Waals surface area (Å²) in [6, 6.07) is 15.2. The van der Waals surface area contributed by atoms with Crippen LogP contribution in [0.5, 0.6) is 11.5 Å². The maximum absolute atomic E-state index is 14.4. The SMILES string of the molecule is CC(C)(C)CN1CCC2(CC1)CN(c1ccccc1NNc1ccc(OC(F)F)cc1)c1c(O)ccc(C(F)(F)F)c12. The highest BCUT2D eigenvalue weighted by Crippen LogP contribution is 2.57. The molecule has 0 amide bonds. The predicted octanol–water partition coefficient (Wildman–Crippen LogP) is 7.98. The van der Waals surface area contributed by atoms with Crippen molar-refractivity contribution in [1.29, 1.82) is 0 Å². The summed E-state index contributed by atoms with van der Waals surface area (Å²) in [5.74, 6) is -0.191. The molecule has 6 nitrogen and oxygen atoms in total. The molecule has 3 aromatic carbocycles. The monoisotopic (exact) mass is 590 g/mol. The molecule has 5 rings (SSSR count). The fraction of sp³-hybridized carbons (Fsp3) is 0.419. The van der Waals surface area contributed by atoms with E-state index in [9.17, 15) is 27.1 Å². The second kappa shape index (κ2) is 11.2. The lowest BCUT2D eigenvalue weighted by Gasteiger charge is -2.42. The van der Waals surface area contributed by atoms with Gasteiger partial charge < -0.3 is 25.1 Å². The summed E-state index contributed by atoms with van der Waals surface area (Å²) in [4.78, 5) is 4.09. The first-order valence-corrected chi connectivity index (χ1v) is 13.9. The molecule has 0 aromatic heterocycles. The summed E-state index contributed by atoms with van der Waals surface area (Å²) in [7, 11) is 0. The zero-order valence-electron chi connectivity index (χ0n) is 23.7. The van der Waals surface area contributed by atoms with Gasteiger partial charge in [-0.1, -0.05) is 32.9 Å². The van der Waals surface area contributed by atoms with Crippen molar-refractivity contribution < 1.29 is 31.8 Å². The van der Waals surface area contributed by atoms with Crippen molar-refractivity contribution in [3.05, 3.63) is 71.8 Å². The van der Waals surface area contributed by atoms with E-state index in [1.165, 1.54) is 12.1 Å². The van der Waals surface area contributed by atoms with Gasteiger partial charge in [0.05, 0.1) is 28.3 Å². The summed E-state index contributed by atoms with van der Waals surface area (Å²) in [5, 5.41) is 11.0. The van der Waals surface area contributed by atoms with Crippen molar-refractivity contribution in [1.82, 2.24) is 4.90 Å². The molecular weight excluding hydrogens is 555 g/mol. The Kier molecular flexibility index (Phi) is 7.91. The molecule has 226 valence electrons. The number of fused-ring (bicyclic) bond motifs is 2. The minimum atomic E-state index is -4.58. The molecule has 0 radical (unpaired) electrons. The largest absolute Gasteiger partial charge is 0.506 e. The molecular formula is C31H35F5N4O2. The Morgan fingerprint density at radius 1 is 0.929 bits per heavy atom. The number of hydrogen-bond acceptors (Lipinski definition) is 6. The standard InChI is InChI=1S/C31H35F5N4O2/c1-29(2,3)18-39-16-14-30(15-17-39)19-40(27-25(41)13-12-22(26(27)30)31(34,35)36)24-7-5-4-6-23(24)38-37-20-8-10-21(11-9-20)42-28(32)33/h4-13,28,37-38,41H,14-19H2,1-3H3. The van der Waals surface area contributed by atoms with Crippen LogP contribution in [0.15, 0.2) is 60.7 Å². The Morgan fingerprint density at radius 2 is 1.60 bits per heavy atom. The van der Waals surface area contributed by atoms with Gasteiger partial charge in [0.15, 0.2) is 0 Å². The predicted molar refractivity (Wildman–Crippen MR) is 154 cm³/mol. The van der Waals surface area contributed by atoms with Gasteiger partial charge in [-0.25, -0.2) is 0 Å². The zero-order chi connectivity index (χ0) is 30.3. The van der Waals surface area contributed by atoms with Crippen molar-refractivity contribution in [3.63, 3.8) is 0 Å². The van der Waals surface area contributed by atoms with Crippen LogP contribution in [0.2, 0.25) is 0 Å². The van der Waals surface area contributed by atoms with E-state index in [0.717, 1.165) is 18.7 Å². The highest BCUT2D eigenvalue weighted by Gasteiger charge is 2.52. The van der Waals surface area contributed by atoms with Crippen LogP contribution in [0.1, 0.15) is 44.7 Å². The molecule has 3 aromatic rings. The van der Waals surface area contributed by atoms with E-state index in [4.69, 9.17) is 0 Å². The number of anilines is 4. The Hall–Kier alpha value is -3.73. The summed E-state index contributed by atoms with van der Waals surface area (Å²) in [6.07, 6.45) is -3.52. The topological polar surface area (TPSA) is 60.0 Å². The summed E-state index contributed by atoms with van der Waals surface area (Å²) in [6.45, 7) is 5.95. The normalized spacial score (nSPS) is 17.0. The van der Waals surface area contributed by atoms with Gasteiger partial charge in [0.1, 0.15) is 11.5 Å². The maximum Gasteiger partial charge on any atom is 0.416 e. The van der Waals surface area contributed by atoms with Crippen molar-refractivity contribution >= 4 is 22.7 Å². The van der Waals surface area contributed by atoms with Gasteiger partial charge in [-0.05, 0) is 85.4 Å². The molecule has 2 aliphatic rings. The van der Waals surface area contributed by atoms with Gasteiger partial charge in [0.25, 0.3) is 0 Å². The Balaban J connectivity index is 1.48. The van der Waals surface area contributed by atoms with Crippen molar-refractivity contribution in [2.75, 3.05) is 41.9 Å². The molecule has 0 atom stereocenters. The third-order valence-electron chi connectivity index (χ3n) is 7.85. The summed E-state index contributed by atoms with van der Waals surface area (Å²) >= 11 is 0. The molecule has 0 aliphatic carbocycles. The first-order chi connectivity index (χ1) is 19.8. The lowest BCUT2D eigenvalue weighted by atomic mass is 9.72. The number of likely N-dealkylation sites (tertiary alicyclic amines) is 1. The molecule has 1 saturated heterocycles. The fourth-order valence-corrected chi connectivity index (χ4v) is 6.18. The van der Waals surface area contributed by atoms with Crippen LogP contribution < -0.4 is 20.5 Å². The number of para-hydroxylation sites is 2. The molecule has 1 fully saturated rings. The third-order valence-corrected chi connectivity index (χ3v) is 7.85. The van der Waals surface area contributed by atoms with Crippen LogP contribution in [0.4, 0.5) is 44.7 Å². The lowest BCUT2D eigenvalue weighted by molar-refractivity contribution is -0.138. The maximum atomic E-state index is 14.4. The highest BCUT2D eigenvalue weighted by atomic mass is 19.4. The number of hydrazine groups is 1. The van der Waals surface area contributed by atoms with Gasteiger partial charge in [0.2, 0.25) is 0 Å². The number of piperidine rings is 1. The number of halogens is 5. The number of benzene rings is 3. The second-order valence-electron chi connectivity index (χ2n) is 12.2. The zero-order valence-corrected chi connectivity index (χ0v) is 23.7. The van der Waals surface area contributed by atoms with Crippen LogP contribution in [-0.4, -0.2) is 42.8 Å². The Bertz CT molecular complexity index is 1400. The van der Waals surface area contributed by atoms with Gasteiger partial charge >= 0.3 is 12.8 Å². The van der Waals surface area contributed by atoms with Crippen molar-refractivity contribution in [3.8, 4) is 11.5 Å². The average Bonchev–Trinajstić information content (AvgIpc) is 3.23. The first-order valence-electron chi connectivity index (χ1n) is 13.9. The Morgan fingerprint density at radius 3 is 2.21 bits per heavy atom. The third kappa shape index (κ3) is 6.21. The molecule has 1 spiro atoms. The molecule has 0 saturated carbocycles. The number of ether oxygens (including phenoxy) is 1. The van der Waals surface area contributed by atoms with E-state index < -0.39 is 23.8 Å². The highest BCUT2D eigenvalue weighted by molar-refractivity contribution is 5.85. The second-order valence-corrected chi connectivity index (χ2v) is 12.2. The van der Waals surface area contributed by atoms with Gasteiger partial charge in [-0.15, -0.1) is 0 Å². The minimum Gasteiger partial charge on any atom is -0.506 e. The average molecular weight is 591 g/mol. The molecule has 2 aliphatic heterocycles. The number of aromatic hydroxyl groups is 1. The summed E-state index contributed by atoms with van der Waals surface area (Å²) in [5.41, 5.74) is 6.70. The van der Waals surface area contributed by atoms with Crippen molar-refractivity contribution in [2.24, 2.45) is 5.41 Å².